The van der Waals surface area contributed by atoms with Gasteiger partial charge in [0, 0.05) is 24.3 Å². The number of amides is 2. The van der Waals surface area contributed by atoms with Crippen LogP contribution < -0.4 is 5.32 Å². The number of hydrogen-bond acceptors (Lipinski definition) is 3. The van der Waals surface area contributed by atoms with Gasteiger partial charge in [-0.1, -0.05) is 6.92 Å². The number of piperidine rings is 1. The maximum atomic E-state index is 11.5. The third-order valence-electron chi connectivity index (χ3n) is 3.66. The first-order chi connectivity index (χ1) is 6.53. The number of carbonyl (C=O) groups excluding carboxylic acids is 2. The van der Waals surface area contributed by atoms with Crippen molar-refractivity contribution in [2.24, 2.45) is 11.3 Å². The lowest BCUT2D eigenvalue weighted by molar-refractivity contribution is -0.142. The predicted molar refractivity (Wildman–Crippen MR) is 51.5 cm³/mol. The summed E-state index contributed by atoms with van der Waals surface area (Å²) in [7, 11) is 2.04. The predicted octanol–water partition coefficient (Wildman–Crippen LogP) is -0.00910. The molecule has 0 bridgehead atoms. The number of imide groups is 1. The molecule has 2 aliphatic heterocycles. The summed E-state index contributed by atoms with van der Waals surface area (Å²) in [5.41, 5.74) is -0.0891. The lowest BCUT2D eigenvalue weighted by atomic mass is 9.70. The molecule has 2 amide bonds. The molecule has 2 fully saturated rings. The normalized spacial score (nSPS) is 39.1. The zero-order valence-electron chi connectivity index (χ0n) is 8.67. The molecule has 0 aromatic carbocycles. The van der Waals surface area contributed by atoms with E-state index in [0.29, 0.717) is 6.42 Å². The van der Waals surface area contributed by atoms with Crippen molar-refractivity contribution in [3.63, 3.8) is 0 Å². The Kier molecular flexibility index (Phi) is 2.10. The Morgan fingerprint density at radius 2 is 2.21 bits per heavy atom. The van der Waals surface area contributed by atoms with Crippen molar-refractivity contribution in [2.75, 3.05) is 20.1 Å². The molecule has 2 rings (SSSR count). The fraction of sp³-hybridized carbons (Fsp3) is 0.800. The highest BCUT2D eigenvalue weighted by Crippen LogP contribution is 2.42. The third kappa shape index (κ3) is 1.34. The maximum absolute atomic E-state index is 11.5. The molecule has 0 aromatic rings. The monoisotopic (exact) mass is 196 g/mol. The molecule has 2 heterocycles. The van der Waals surface area contributed by atoms with E-state index in [1.54, 1.807) is 0 Å². The van der Waals surface area contributed by atoms with Crippen LogP contribution in [0.15, 0.2) is 0 Å². The molecule has 2 aliphatic rings. The SMILES string of the molecule is CC1C(=O)NC(=O)CC12CCN(C)C2. The standard InChI is InChI=1S/C10H16N2O2/c1-7-9(14)11-8(13)5-10(7)3-4-12(2)6-10/h7H,3-6H2,1-2H3,(H,11,13,14). The van der Waals surface area contributed by atoms with Gasteiger partial charge in [0.15, 0.2) is 0 Å². The van der Waals surface area contributed by atoms with Crippen LogP contribution >= 0.6 is 0 Å². The Labute approximate surface area is 83.6 Å². The van der Waals surface area contributed by atoms with Crippen molar-refractivity contribution in [3.8, 4) is 0 Å². The Balaban J connectivity index is 2.24. The van der Waals surface area contributed by atoms with E-state index < -0.39 is 0 Å². The van der Waals surface area contributed by atoms with E-state index in [1.807, 2.05) is 14.0 Å². The molecule has 1 spiro atoms. The topological polar surface area (TPSA) is 49.4 Å². The lowest BCUT2D eigenvalue weighted by Gasteiger charge is -2.37. The van der Waals surface area contributed by atoms with Crippen LogP contribution in [-0.4, -0.2) is 36.9 Å². The smallest absolute Gasteiger partial charge is 0.230 e. The number of carbonyl (C=O) groups is 2. The van der Waals surface area contributed by atoms with Crippen LogP contribution in [-0.2, 0) is 9.59 Å². The van der Waals surface area contributed by atoms with Crippen molar-refractivity contribution < 1.29 is 9.59 Å². The van der Waals surface area contributed by atoms with Gasteiger partial charge in [-0.25, -0.2) is 0 Å². The summed E-state index contributed by atoms with van der Waals surface area (Å²) < 4.78 is 0. The molecule has 4 nitrogen and oxygen atoms in total. The Bertz CT molecular complexity index is 290. The molecule has 4 heteroatoms. The van der Waals surface area contributed by atoms with Crippen molar-refractivity contribution in [1.29, 1.82) is 0 Å². The van der Waals surface area contributed by atoms with E-state index in [1.165, 1.54) is 0 Å². The second-order valence-corrected chi connectivity index (χ2v) is 4.66. The van der Waals surface area contributed by atoms with Gasteiger partial charge >= 0.3 is 0 Å². The van der Waals surface area contributed by atoms with Gasteiger partial charge in [-0.3, -0.25) is 14.9 Å². The van der Waals surface area contributed by atoms with Crippen molar-refractivity contribution in [1.82, 2.24) is 10.2 Å². The first kappa shape index (κ1) is 9.65. The minimum Gasteiger partial charge on any atom is -0.306 e. The summed E-state index contributed by atoms with van der Waals surface area (Å²) in [5, 5.41) is 2.40. The molecule has 0 aliphatic carbocycles. The number of rotatable bonds is 0. The van der Waals surface area contributed by atoms with Crippen LogP contribution in [0.4, 0.5) is 0 Å². The third-order valence-corrected chi connectivity index (χ3v) is 3.66. The van der Waals surface area contributed by atoms with Gasteiger partial charge in [-0.15, -0.1) is 0 Å². The quantitative estimate of drug-likeness (QED) is 0.554. The number of nitrogens with one attached hydrogen (secondary N) is 1. The van der Waals surface area contributed by atoms with Gasteiger partial charge in [0.2, 0.25) is 11.8 Å². The summed E-state index contributed by atoms with van der Waals surface area (Å²) in [5.74, 6) is -0.245. The summed E-state index contributed by atoms with van der Waals surface area (Å²) in [6.45, 7) is 3.79. The summed E-state index contributed by atoms with van der Waals surface area (Å²) >= 11 is 0. The molecular weight excluding hydrogens is 180 g/mol. The lowest BCUT2D eigenvalue weighted by Crippen LogP contribution is -2.51. The van der Waals surface area contributed by atoms with Crippen molar-refractivity contribution in [3.05, 3.63) is 0 Å². The second-order valence-electron chi connectivity index (χ2n) is 4.66. The number of nitrogens with zero attached hydrogens (tertiary/aromatic N) is 1. The molecule has 0 aromatic heterocycles. The molecule has 14 heavy (non-hydrogen) atoms. The Morgan fingerprint density at radius 1 is 1.50 bits per heavy atom. The van der Waals surface area contributed by atoms with E-state index in [2.05, 4.69) is 10.2 Å². The zero-order chi connectivity index (χ0) is 10.3. The molecule has 0 radical (unpaired) electrons. The Morgan fingerprint density at radius 3 is 2.79 bits per heavy atom. The number of hydrogen-bond donors (Lipinski definition) is 1. The summed E-state index contributed by atoms with van der Waals surface area (Å²) in [6, 6.07) is 0. The van der Waals surface area contributed by atoms with Gasteiger partial charge in [0.25, 0.3) is 0 Å². The first-order valence-corrected chi connectivity index (χ1v) is 5.06. The van der Waals surface area contributed by atoms with Crippen LogP contribution in [0, 0.1) is 11.3 Å². The average molecular weight is 196 g/mol. The van der Waals surface area contributed by atoms with Crippen LogP contribution in [0.3, 0.4) is 0 Å². The summed E-state index contributed by atoms with van der Waals surface area (Å²) in [6.07, 6.45) is 1.47. The van der Waals surface area contributed by atoms with Crippen molar-refractivity contribution >= 4 is 11.8 Å². The maximum Gasteiger partial charge on any atom is 0.230 e. The molecule has 0 saturated carbocycles. The molecule has 1 N–H and O–H groups in total. The van der Waals surface area contributed by atoms with Crippen LogP contribution in [0.1, 0.15) is 19.8 Å². The molecule has 2 unspecified atom stereocenters. The highest BCUT2D eigenvalue weighted by atomic mass is 16.2. The highest BCUT2D eigenvalue weighted by Gasteiger charge is 2.48. The van der Waals surface area contributed by atoms with Crippen LogP contribution in [0.2, 0.25) is 0 Å². The second kappa shape index (κ2) is 3.05. The number of likely N-dealkylation sites (tertiary alicyclic amines) is 1. The summed E-state index contributed by atoms with van der Waals surface area (Å²) in [4.78, 5) is 25.1. The van der Waals surface area contributed by atoms with Gasteiger partial charge in [0.1, 0.15) is 0 Å². The van der Waals surface area contributed by atoms with E-state index in [9.17, 15) is 9.59 Å². The van der Waals surface area contributed by atoms with Crippen LogP contribution in [0.25, 0.3) is 0 Å². The van der Waals surface area contributed by atoms with E-state index >= 15 is 0 Å². The molecular formula is C10H16N2O2. The molecule has 78 valence electrons. The average Bonchev–Trinajstić information content (AvgIpc) is 2.44. The van der Waals surface area contributed by atoms with Crippen molar-refractivity contribution in [2.45, 2.75) is 19.8 Å². The van der Waals surface area contributed by atoms with E-state index in [-0.39, 0.29) is 23.1 Å². The molecule has 2 saturated heterocycles. The molecule has 2 atom stereocenters. The highest BCUT2D eigenvalue weighted by molar-refractivity contribution is 5.99. The zero-order valence-corrected chi connectivity index (χ0v) is 8.67. The van der Waals surface area contributed by atoms with Crippen LogP contribution in [0.5, 0.6) is 0 Å². The van der Waals surface area contributed by atoms with E-state index in [4.69, 9.17) is 0 Å². The minimum atomic E-state index is -0.108. The minimum absolute atomic E-state index is 0.0369. The van der Waals surface area contributed by atoms with Gasteiger partial charge < -0.3 is 4.90 Å². The van der Waals surface area contributed by atoms with Gasteiger partial charge in [-0.2, -0.15) is 0 Å². The largest absolute Gasteiger partial charge is 0.306 e. The Hall–Kier alpha value is -0.900. The fourth-order valence-electron chi connectivity index (χ4n) is 2.65. The van der Waals surface area contributed by atoms with Gasteiger partial charge in [-0.05, 0) is 20.0 Å². The first-order valence-electron chi connectivity index (χ1n) is 5.06. The van der Waals surface area contributed by atoms with E-state index in [0.717, 1.165) is 19.5 Å². The van der Waals surface area contributed by atoms with Gasteiger partial charge in [0.05, 0.1) is 0 Å². The fourth-order valence-corrected chi connectivity index (χ4v) is 2.65.